The van der Waals surface area contributed by atoms with Crippen LogP contribution in [0.4, 0.5) is 10.1 Å². The molecule has 8 atom stereocenters. The van der Waals surface area contributed by atoms with Crippen LogP contribution in [0.2, 0.25) is 0 Å². The van der Waals surface area contributed by atoms with E-state index in [4.69, 9.17) is 0 Å². The Morgan fingerprint density at radius 1 is 1.10 bits per heavy atom. The van der Waals surface area contributed by atoms with Crippen LogP contribution in [0.15, 0.2) is 18.2 Å². The zero-order valence-electron chi connectivity index (χ0n) is 18.9. The van der Waals surface area contributed by atoms with Crippen molar-refractivity contribution in [3.63, 3.8) is 0 Å². The number of nitrogens with zero attached hydrogens (tertiary/aromatic N) is 1. The van der Waals surface area contributed by atoms with E-state index in [0.717, 1.165) is 48.9 Å². The van der Waals surface area contributed by atoms with Crippen LogP contribution in [-0.4, -0.2) is 5.91 Å². The van der Waals surface area contributed by atoms with Crippen molar-refractivity contribution in [2.24, 2.45) is 46.8 Å². The highest BCUT2D eigenvalue weighted by atomic mass is 19.1. The van der Waals surface area contributed by atoms with Crippen molar-refractivity contribution in [3.05, 3.63) is 29.6 Å². The molecule has 4 fully saturated rings. The summed E-state index contributed by atoms with van der Waals surface area (Å²) in [6.07, 6.45) is 11.5. The van der Waals surface area contributed by atoms with Crippen LogP contribution in [0, 0.1) is 64.0 Å². The molecule has 1 N–H and O–H groups in total. The number of hydrogen-bond donors (Lipinski definition) is 1. The number of carbonyl (C=O) groups excluding carboxylic acids is 1. The molecule has 1 aromatic rings. The average Bonchev–Trinajstić information content (AvgIpc) is 3.11. The minimum Gasteiger partial charge on any atom is -0.325 e. The summed E-state index contributed by atoms with van der Waals surface area (Å²) in [7, 11) is 0. The number of benzene rings is 1. The number of fused-ring (bicyclic) bond motifs is 5. The highest BCUT2D eigenvalue weighted by Gasteiger charge is 2.58. The summed E-state index contributed by atoms with van der Waals surface area (Å²) in [5, 5.41) is 12.3. The lowest BCUT2D eigenvalue weighted by Gasteiger charge is -2.56. The molecule has 0 radical (unpaired) electrons. The van der Waals surface area contributed by atoms with Gasteiger partial charge in [0, 0.05) is 5.92 Å². The molecule has 1 aromatic carbocycles. The smallest absolute Gasteiger partial charge is 0.228 e. The van der Waals surface area contributed by atoms with Crippen molar-refractivity contribution in [3.8, 4) is 6.07 Å². The number of hydrogen-bond acceptors (Lipinski definition) is 2. The third-order valence-corrected chi connectivity index (χ3v) is 9.89. The molecular formula is C27H35FN2O. The van der Waals surface area contributed by atoms with Crippen molar-refractivity contribution in [1.29, 1.82) is 5.26 Å². The van der Waals surface area contributed by atoms with E-state index in [1.165, 1.54) is 56.7 Å². The van der Waals surface area contributed by atoms with E-state index in [2.05, 4.69) is 19.2 Å². The highest BCUT2D eigenvalue weighted by molar-refractivity contribution is 5.94. The molecule has 4 aliphatic rings. The fourth-order valence-corrected chi connectivity index (χ4v) is 8.46. The van der Waals surface area contributed by atoms with Gasteiger partial charge in [-0.1, -0.05) is 20.3 Å². The molecule has 0 aliphatic heterocycles. The van der Waals surface area contributed by atoms with Crippen molar-refractivity contribution in [2.45, 2.75) is 71.6 Å². The molecule has 4 saturated carbocycles. The maximum absolute atomic E-state index is 13.5. The van der Waals surface area contributed by atoms with Gasteiger partial charge in [0.25, 0.3) is 0 Å². The fourth-order valence-electron chi connectivity index (χ4n) is 8.46. The molecule has 166 valence electrons. The van der Waals surface area contributed by atoms with Gasteiger partial charge >= 0.3 is 0 Å². The third kappa shape index (κ3) is 3.49. The molecule has 0 heterocycles. The number of rotatable bonds is 2. The Kier molecular flexibility index (Phi) is 5.35. The lowest BCUT2D eigenvalue weighted by atomic mass is 9.49. The van der Waals surface area contributed by atoms with Crippen LogP contribution < -0.4 is 5.32 Å². The molecule has 0 saturated heterocycles. The van der Waals surface area contributed by atoms with Gasteiger partial charge in [-0.05, 0) is 110 Å². The quantitative estimate of drug-likeness (QED) is 0.588. The predicted molar refractivity (Wildman–Crippen MR) is 120 cm³/mol. The van der Waals surface area contributed by atoms with Gasteiger partial charge in [0.2, 0.25) is 5.91 Å². The summed E-state index contributed by atoms with van der Waals surface area (Å²) in [5.41, 5.74) is 0.681. The molecule has 3 nitrogen and oxygen atoms in total. The summed E-state index contributed by atoms with van der Waals surface area (Å²) in [4.78, 5) is 13.3. The largest absolute Gasteiger partial charge is 0.325 e. The molecule has 31 heavy (non-hydrogen) atoms. The number of nitriles is 1. The summed E-state index contributed by atoms with van der Waals surface area (Å²) < 4.78 is 13.5. The first-order chi connectivity index (χ1) is 14.9. The molecule has 5 rings (SSSR count). The van der Waals surface area contributed by atoms with E-state index in [-0.39, 0.29) is 22.8 Å². The van der Waals surface area contributed by atoms with Crippen molar-refractivity contribution < 1.29 is 9.18 Å². The van der Waals surface area contributed by atoms with E-state index >= 15 is 0 Å². The Bertz CT molecular complexity index is 907. The number of nitrogens with one attached hydrogen (secondary N) is 1. The van der Waals surface area contributed by atoms with Crippen molar-refractivity contribution in [1.82, 2.24) is 0 Å². The van der Waals surface area contributed by atoms with Gasteiger partial charge in [0.05, 0.1) is 11.3 Å². The van der Waals surface area contributed by atoms with Crippen molar-refractivity contribution in [2.75, 3.05) is 5.32 Å². The van der Waals surface area contributed by atoms with Gasteiger partial charge in [0.1, 0.15) is 11.9 Å². The van der Waals surface area contributed by atoms with E-state index in [0.29, 0.717) is 11.6 Å². The minimum atomic E-state index is -0.450. The van der Waals surface area contributed by atoms with Gasteiger partial charge in [0.15, 0.2) is 0 Å². The molecule has 4 heteroatoms. The van der Waals surface area contributed by atoms with Gasteiger partial charge in [-0.25, -0.2) is 4.39 Å². The maximum atomic E-state index is 13.5. The molecule has 8 unspecified atom stereocenters. The van der Waals surface area contributed by atoms with E-state index < -0.39 is 5.82 Å². The molecule has 4 aliphatic carbocycles. The van der Waals surface area contributed by atoms with Gasteiger partial charge in [-0.15, -0.1) is 0 Å². The standard InChI is InChI=1S/C27H35FN2O/c1-16-3-6-20-17(13-16)4-7-22-21(20)11-12-27(2)23(22)8-9-24(27)26(31)30-25-10-5-19(28)14-18(25)15-29/h5,10,14,16-17,20-24H,3-4,6-9,11-13H2,1-2H3,(H,30,31). The molecular weight excluding hydrogens is 387 g/mol. The zero-order valence-corrected chi connectivity index (χ0v) is 18.9. The Labute approximate surface area is 185 Å². The summed E-state index contributed by atoms with van der Waals surface area (Å²) in [6, 6.07) is 6.03. The van der Waals surface area contributed by atoms with E-state index in [1.807, 2.05) is 6.07 Å². The second kappa shape index (κ2) is 7.91. The Hall–Kier alpha value is -1.89. The van der Waals surface area contributed by atoms with Crippen molar-refractivity contribution >= 4 is 11.6 Å². The molecule has 0 spiro atoms. The highest BCUT2D eigenvalue weighted by Crippen LogP contribution is 2.64. The normalized spacial score (nSPS) is 41.4. The Morgan fingerprint density at radius 3 is 2.71 bits per heavy atom. The predicted octanol–water partition coefficient (Wildman–Crippen LogP) is 6.54. The molecule has 0 aromatic heterocycles. The van der Waals surface area contributed by atoms with Gasteiger partial charge in [-0.2, -0.15) is 5.26 Å². The number of halogens is 1. The SMILES string of the molecule is CC1CCC2C(CCC3C2CCC2(C)C(C(=O)Nc4ccc(F)cc4C#N)CCC32)C1. The fraction of sp³-hybridized carbons (Fsp3) is 0.704. The monoisotopic (exact) mass is 422 g/mol. The molecule has 0 bridgehead atoms. The van der Waals surface area contributed by atoms with Crippen LogP contribution in [0.25, 0.3) is 0 Å². The Balaban J connectivity index is 1.33. The lowest BCUT2D eigenvalue weighted by Crippen LogP contribution is -2.49. The zero-order chi connectivity index (χ0) is 21.8. The number of amides is 1. The van der Waals surface area contributed by atoms with E-state index in [9.17, 15) is 14.4 Å². The number of anilines is 1. The van der Waals surface area contributed by atoms with Gasteiger partial charge < -0.3 is 5.32 Å². The van der Waals surface area contributed by atoms with Gasteiger partial charge in [-0.3, -0.25) is 4.79 Å². The average molecular weight is 423 g/mol. The summed E-state index contributed by atoms with van der Waals surface area (Å²) in [5.74, 6) is 4.61. The number of carbonyl (C=O) groups is 1. The van der Waals surface area contributed by atoms with Crippen LogP contribution >= 0.6 is 0 Å². The lowest BCUT2D eigenvalue weighted by molar-refractivity contribution is -0.127. The summed E-state index contributed by atoms with van der Waals surface area (Å²) in [6.45, 7) is 4.79. The van der Waals surface area contributed by atoms with Crippen LogP contribution in [0.3, 0.4) is 0 Å². The van der Waals surface area contributed by atoms with Crippen LogP contribution in [-0.2, 0) is 4.79 Å². The first-order valence-corrected chi connectivity index (χ1v) is 12.4. The second-order valence-corrected chi connectivity index (χ2v) is 11.3. The van der Waals surface area contributed by atoms with E-state index in [1.54, 1.807) is 0 Å². The molecule has 1 amide bonds. The van der Waals surface area contributed by atoms with Crippen LogP contribution in [0.1, 0.15) is 77.2 Å². The van der Waals surface area contributed by atoms with Crippen LogP contribution in [0.5, 0.6) is 0 Å². The minimum absolute atomic E-state index is 0.0147. The Morgan fingerprint density at radius 2 is 1.90 bits per heavy atom. The second-order valence-electron chi connectivity index (χ2n) is 11.3. The summed E-state index contributed by atoms with van der Waals surface area (Å²) >= 11 is 0. The first-order valence-electron chi connectivity index (χ1n) is 12.4. The first kappa shape index (κ1) is 21.0. The third-order valence-electron chi connectivity index (χ3n) is 9.89. The maximum Gasteiger partial charge on any atom is 0.228 e. The topological polar surface area (TPSA) is 52.9 Å².